The second kappa shape index (κ2) is 5.97. The number of azide groups is 1. The maximum atomic E-state index is 11.3. The molecule has 16 heavy (non-hydrogen) atoms. The van der Waals surface area contributed by atoms with Crippen molar-refractivity contribution in [1.29, 1.82) is 0 Å². The largest absolute Gasteiger partial charge is 0.469 e. The van der Waals surface area contributed by atoms with Gasteiger partial charge >= 0.3 is 11.9 Å². The standard InChI is InChI=1S/C9H13N3O4/c1-15-8(13)4-2-3-6-5-7(11-12-10)16-9(6)14/h6-7H,2-5H2,1H3. The fraction of sp³-hybridized carbons (Fsp3) is 0.778. The second-order valence-electron chi connectivity index (χ2n) is 3.50. The highest BCUT2D eigenvalue weighted by Gasteiger charge is 2.33. The van der Waals surface area contributed by atoms with Gasteiger partial charge in [-0.15, -0.1) is 0 Å². The van der Waals surface area contributed by atoms with Crippen LogP contribution in [0.2, 0.25) is 0 Å². The number of hydrogen-bond acceptors (Lipinski definition) is 5. The van der Waals surface area contributed by atoms with Crippen molar-refractivity contribution in [2.24, 2.45) is 11.0 Å². The molecule has 1 fully saturated rings. The number of carbonyl (C=O) groups excluding carboxylic acids is 2. The summed E-state index contributed by atoms with van der Waals surface area (Å²) in [4.78, 5) is 24.7. The van der Waals surface area contributed by atoms with Crippen LogP contribution in [0.4, 0.5) is 0 Å². The Bertz CT molecular complexity index is 325. The number of carbonyl (C=O) groups is 2. The summed E-state index contributed by atoms with van der Waals surface area (Å²) in [5, 5.41) is 3.33. The Balaban J connectivity index is 2.30. The van der Waals surface area contributed by atoms with Crippen molar-refractivity contribution in [3.63, 3.8) is 0 Å². The molecular formula is C9H13N3O4. The molecule has 1 aliphatic rings. The molecule has 7 heteroatoms. The van der Waals surface area contributed by atoms with E-state index in [9.17, 15) is 9.59 Å². The predicted octanol–water partition coefficient (Wildman–Crippen LogP) is 1.53. The van der Waals surface area contributed by atoms with Gasteiger partial charge < -0.3 is 9.47 Å². The minimum absolute atomic E-state index is 0.278. The van der Waals surface area contributed by atoms with Gasteiger partial charge in [-0.25, -0.2) is 0 Å². The van der Waals surface area contributed by atoms with E-state index >= 15 is 0 Å². The molecule has 0 spiro atoms. The van der Waals surface area contributed by atoms with E-state index in [1.807, 2.05) is 0 Å². The van der Waals surface area contributed by atoms with Crippen LogP contribution >= 0.6 is 0 Å². The van der Waals surface area contributed by atoms with Crippen molar-refractivity contribution in [3.05, 3.63) is 10.4 Å². The Morgan fingerprint density at radius 2 is 2.50 bits per heavy atom. The number of cyclic esters (lactones) is 1. The molecule has 0 aromatic carbocycles. The molecule has 7 nitrogen and oxygen atoms in total. The molecule has 0 aromatic rings. The molecule has 0 N–H and O–H groups in total. The Hall–Kier alpha value is -1.75. The van der Waals surface area contributed by atoms with Gasteiger partial charge in [0.2, 0.25) is 0 Å². The van der Waals surface area contributed by atoms with E-state index < -0.39 is 6.23 Å². The molecule has 0 aliphatic carbocycles. The highest BCUT2D eigenvalue weighted by atomic mass is 16.6. The van der Waals surface area contributed by atoms with Crippen LogP contribution in [0.25, 0.3) is 10.4 Å². The van der Waals surface area contributed by atoms with Gasteiger partial charge in [0.15, 0.2) is 6.23 Å². The Kier molecular flexibility index (Phi) is 4.60. The van der Waals surface area contributed by atoms with Crippen molar-refractivity contribution in [1.82, 2.24) is 0 Å². The topological polar surface area (TPSA) is 101 Å². The first kappa shape index (κ1) is 12.3. The molecule has 0 bridgehead atoms. The number of rotatable bonds is 5. The molecule has 0 saturated carbocycles. The Morgan fingerprint density at radius 1 is 1.75 bits per heavy atom. The van der Waals surface area contributed by atoms with E-state index in [1.165, 1.54) is 7.11 Å². The zero-order chi connectivity index (χ0) is 12.0. The van der Waals surface area contributed by atoms with Crippen molar-refractivity contribution in [3.8, 4) is 0 Å². The van der Waals surface area contributed by atoms with Gasteiger partial charge in [0, 0.05) is 17.8 Å². The quantitative estimate of drug-likeness (QED) is 0.307. The van der Waals surface area contributed by atoms with Crippen LogP contribution in [0.15, 0.2) is 5.11 Å². The summed E-state index contributed by atoms with van der Waals surface area (Å²) in [7, 11) is 1.32. The predicted molar refractivity (Wildman–Crippen MR) is 53.0 cm³/mol. The van der Waals surface area contributed by atoms with E-state index in [1.54, 1.807) is 0 Å². The zero-order valence-electron chi connectivity index (χ0n) is 8.96. The van der Waals surface area contributed by atoms with Gasteiger partial charge in [0.1, 0.15) is 0 Å². The summed E-state index contributed by atoms with van der Waals surface area (Å²) < 4.78 is 9.30. The number of esters is 2. The normalized spacial score (nSPS) is 23.4. The summed E-state index contributed by atoms with van der Waals surface area (Å²) in [5.41, 5.74) is 8.19. The van der Waals surface area contributed by atoms with Crippen molar-refractivity contribution >= 4 is 11.9 Å². The lowest BCUT2D eigenvalue weighted by Gasteiger charge is -2.03. The third-order valence-corrected chi connectivity index (χ3v) is 2.41. The second-order valence-corrected chi connectivity index (χ2v) is 3.50. The summed E-state index contributed by atoms with van der Waals surface area (Å²) in [6.07, 6.45) is 1.10. The highest BCUT2D eigenvalue weighted by Crippen LogP contribution is 2.26. The lowest BCUT2D eigenvalue weighted by atomic mass is 10.00. The third-order valence-electron chi connectivity index (χ3n) is 2.41. The first-order chi connectivity index (χ1) is 7.67. The van der Waals surface area contributed by atoms with Gasteiger partial charge in [-0.05, 0) is 23.5 Å². The maximum Gasteiger partial charge on any atom is 0.309 e. The van der Waals surface area contributed by atoms with Crippen molar-refractivity contribution < 1.29 is 19.1 Å². The molecule has 1 saturated heterocycles. The number of ether oxygens (including phenoxy) is 2. The molecule has 1 aliphatic heterocycles. The van der Waals surface area contributed by atoms with Gasteiger partial charge in [0.25, 0.3) is 0 Å². The van der Waals surface area contributed by atoms with Gasteiger partial charge in [-0.1, -0.05) is 0 Å². The molecular weight excluding hydrogens is 214 g/mol. The SMILES string of the molecule is COC(=O)CCCC1CC(N=[N+]=[N-])OC1=O. The zero-order valence-corrected chi connectivity index (χ0v) is 8.96. The highest BCUT2D eigenvalue weighted by molar-refractivity contribution is 5.74. The Morgan fingerprint density at radius 3 is 3.12 bits per heavy atom. The summed E-state index contributed by atoms with van der Waals surface area (Å²) in [6, 6.07) is 0. The van der Waals surface area contributed by atoms with Crippen molar-refractivity contribution in [2.75, 3.05) is 7.11 Å². The van der Waals surface area contributed by atoms with E-state index in [0.29, 0.717) is 19.3 Å². The molecule has 0 radical (unpaired) electrons. The van der Waals surface area contributed by atoms with E-state index in [-0.39, 0.29) is 24.3 Å². The number of methoxy groups -OCH3 is 1. The average molecular weight is 227 g/mol. The summed E-state index contributed by atoms with van der Waals surface area (Å²) in [6.45, 7) is 0. The number of hydrogen-bond donors (Lipinski definition) is 0. The van der Waals surface area contributed by atoms with Crippen molar-refractivity contribution in [2.45, 2.75) is 31.9 Å². The van der Waals surface area contributed by atoms with Crippen LogP contribution in [-0.4, -0.2) is 25.3 Å². The monoisotopic (exact) mass is 227 g/mol. The first-order valence-corrected chi connectivity index (χ1v) is 4.99. The molecule has 88 valence electrons. The summed E-state index contributed by atoms with van der Waals surface area (Å²) in [5.74, 6) is -0.930. The molecule has 2 unspecified atom stereocenters. The van der Waals surface area contributed by atoms with Crippen LogP contribution < -0.4 is 0 Å². The van der Waals surface area contributed by atoms with Gasteiger partial charge in [-0.3, -0.25) is 9.59 Å². The lowest BCUT2D eigenvalue weighted by molar-refractivity contribution is -0.145. The fourth-order valence-electron chi connectivity index (χ4n) is 1.58. The number of nitrogens with zero attached hydrogens (tertiary/aromatic N) is 3. The molecule has 1 rings (SSSR count). The lowest BCUT2D eigenvalue weighted by Crippen LogP contribution is -2.08. The Labute approximate surface area is 92.3 Å². The minimum Gasteiger partial charge on any atom is -0.469 e. The first-order valence-electron chi connectivity index (χ1n) is 4.99. The van der Waals surface area contributed by atoms with Crippen LogP contribution in [-0.2, 0) is 19.1 Å². The molecule has 0 amide bonds. The van der Waals surface area contributed by atoms with Crippen LogP contribution in [0.1, 0.15) is 25.7 Å². The van der Waals surface area contributed by atoms with E-state index in [4.69, 9.17) is 10.3 Å². The van der Waals surface area contributed by atoms with Gasteiger partial charge in [-0.2, -0.15) is 0 Å². The molecule has 2 atom stereocenters. The van der Waals surface area contributed by atoms with Crippen LogP contribution in [0.5, 0.6) is 0 Å². The molecule has 1 heterocycles. The van der Waals surface area contributed by atoms with Crippen LogP contribution in [0, 0.1) is 5.92 Å². The van der Waals surface area contributed by atoms with E-state index in [0.717, 1.165) is 0 Å². The average Bonchev–Trinajstić information content (AvgIpc) is 2.60. The fourth-order valence-corrected chi connectivity index (χ4v) is 1.58. The van der Waals surface area contributed by atoms with E-state index in [2.05, 4.69) is 14.8 Å². The van der Waals surface area contributed by atoms with Crippen LogP contribution in [0.3, 0.4) is 0 Å². The third kappa shape index (κ3) is 3.43. The smallest absolute Gasteiger partial charge is 0.309 e. The summed E-state index contributed by atoms with van der Waals surface area (Å²) >= 11 is 0. The maximum absolute atomic E-state index is 11.3. The molecule has 0 aromatic heterocycles. The van der Waals surface area contributed by atoms with Gasteiger partial charge in [0.05, 0.1) is 13.0 Å². The minimum atomic E-state index is -0.694.